The lowest BCUT2D eigenvalue weighted by atomic mass is 10.1. The molecule has 0 aliphatic carbocycles. The second-order valence-electron chi connectivity index (χ2n) is 6.64. The average molecular weight is 437 g/mol. The number of benzene rings is 1. The van der Waals surface area contributed by atoms with Crippen LogP contribution in [-0.2, 0) is 14.8 Å². The first-order valence-electron chi connectivity index (χ1n) is 8.75. The molecule has 0 aliphatic rings. The van der Waals surface area contributed by atoms with Crippen LogP contribution in [0.25, 0.3) is 0 Å². The zero-order chi connectivity index (χ0) is 21.8. The number of amides is 3. The molecule has 0 unspecified atom stereocenters. The first-order chi connectivity index (χ1) is 13.5. The largest absolute Gasteiger partial charge is 0.325 e. The normalized spacial score (nSPS) is 12.5. The molecule has 0 saturated carbocycles. The number of hydrogen-bond donors (Lipinski definition) is 2. The van der Waals surface area contributed by atoms with E-state index in [1.807, 2.05) is 26.0 Å². The number of aryl methyl sites for hydroxylation is 2. The number of thioether (sulfide) groups is 1. The first-order valence-corrected chi connectivity index (χ1v) is 11.1. The third-order valence-corrected chi connectivity index (χ3v) is 6.87. The van der Waals surface area contributed by atoms with Crippen molar-refractivity contribution in [3.63, 3.8) is 0 Å². The summed E-state index contributed by atoms with van der Waals surface area (Å²) in [4.78, 5) is 28.5. The van der Waals surface area contributed by atoms with E-state index in [0.717, 1.165) is 27.2 Å². The molecule has 0 fully saturated rings. The van der Waals surface area contributed by atoms with Gasteiger partial charge in [-0.15, -0.1) is 0 Å². The van der Waals surface area contributed by atoms with Crippen molar-refractivity contribution in [2.75, 3.05) is 19.4 Å². The Balaban J connectivity index is 1.95. The molecule has 0 bridgehead atoms. The lowest BCUT2D eigenvalue weighted by Gasteiger charge is -2.14. The number of carbonyl (C=O) groups excluding carboxylic acids is 2. The molecular weight excluding hydrogens is 412 g/mol. The first kappa shape index (κ1) is 22.9. The maximum atomic E-state index is 12.3. The van der Waals surface area contributed by atoms with Crippen LogP contribution in [0.5, 0.6) is 0 Å². The number of sulfonamides is 1. The third-order valence-electron chi connectivity index (χ3n) is 4.02. The molecule has 1 heterocycles. The molecule has 0 aliphatic heterocycles. The number of pyridine rings is 1. The minimum atomic E-state index is -3.56. The van der Waals surface area contributed by atoms with Gasteiger partial charge in [-0.2, -0.15) is 0 Å². The van der Waals surface area contributed by atoms with E-state index in [1.54, 1.807) is 13.0 Å². The number of imide groups is 1. The van der Waals surface area contributed by atoms with E-state index < -0.39 is 27.2 Å². The van der Waals surface area contributed by atoms with Crippen molar-refractivity contribution in [2.45, 2.75) is 35.9 Å². The number of nitrogens with one attached hydrogen (secondary N) is 2. The van der Waals surface area contributed by atoms with Gasteiger partial charge in [0.05, 0.1) is 10.3 Å². The van der Waals surface area contributed by atoms with Crippen LogP contribution in [0.2, 0.25) is 0 Å². The fraction of sp³-hybridized carbons (Fsp3) is 0.316. The molecule has 1 aromatic heterocycles. The van der Waals surface area contributed by atoms with Gasteiger partial charge >= 0.3 is 6.03 Å². The monoisotopic (exact) mass is 436 g/mol. The van der Waals surface area contributed by atoms with Crippen LogP contribution >= 0.6 is 11.8 Å². The summed E-state index contributed by atoms with van der Waals surface area (Å²) in [6.45, 7) is 5.46. The van der Waals surface area contributed by atoms with E-state index in [4.69, 9.17) is 0 Å². The van der Waals surface area contributed by atoms with Crippen LogP contribution in [0.4, 0.5) is 10.5 Å². The van der Waals surface area contributed by atoms with Gasteiger partial charge in [0.1, 0.15) is 4.90 Å². The van der Waals surface area contributed by atoms with Crippen LogP contribution in [0.3, 0.4) is 0 Å². The van der Waals surface area contributed by atoms with Gasteiger partial charge in [-0.3, -0.25) is 10.1 Å². The highest BCUT2D eigenvalue weighted by molar-refractivity contribution is 8.00. The van der Waals surface area contributed by atoms with Gasteiger partial charge in [-0.1, -0.05) is 29.5 Å². The zero-order valence-corrected chi connectivity index (χ0v) is 18.5. The quantitative estimate of drug-likeness (QED) is 0.674. The molecule has 1 aromatic carbocycles. The molecule has 0 spiro atoms. The molecule has 29 heavy (non-hydrogen) atoms. The Kier molecular flexibility index (Phi) is 7.39. The number of rotatable bonds is 6. The Labute approximate surface area is 175 Å². The van der Waals surface area contributed by atoms with Gasteiger partial charge in [0.25, 0.3) is 0 Å². The number of nitrogens with zero attached hydrogens (tertiary/aromatic N) is 2. The minimum Gasteiger partial charge on any atom is -0.307 e. The van der Waals surface area contributed by atoms with Crippen molar-refractivity contribution in [1.29, 1.82) is 0 Å². The predicted molar refractivity (Wildman–Crippen MR) is 114 cm³/mol. The number of carbonyl (C=O) groups is 2. The van der Waals surface area contributed by atoms with Crippen molar-refractivity contribution in [3.8, 4) is 0 Å². The lowest BCUT2D eigenvalue weighted by Crippen LogP contribution is -2.39. The summed E-state index contributed by atoms with van der Waals surface area (Å²) in [5.41, 5.74) is 2.60. The van der Waals surface area contributed by atoms with E-state index >= 15 is 0 Å². The van der Waals surface area contributed by atoms with Crippen LogP contribution in [0.1, 0.15) is 18.1 Å². The van der Waals surface area contributed by atoms with Crippen molar-refractivity contribution in [2.24, 2.45) is 0 Å². The second kappa shape index (κ2) is 9.38. The minimum absolute atomic E-state index is 0.0665. The summed E-state index contributed by atoms with van der Waals surface area (Å²) in [5, 5.41) is 4.82. The van der Waals surface area contributed by atoms with Gasteiger partial charge in [-0.05, 0) is 44.5 Å². The Morgan fingerprint density at radius 3 is 2.38 bits per heavy atom. The molecule has 8 nitrogen and oxygen atoms in total. The van der Waals surface area contributed by atoms with E-state index in [1.165, 1.54) is 32.4 Å². The molecule has 2 N–H and O–H groups in total. The standard InChI is InChI=1S/C19H24N4O4S2/c1-12-6-8-16(13(2)10-12)21-19(25)22-18(24)14(3)28-17-9-7-15(11-20-17)29(26,27)23(4)5/h6-11,14H,1-5H3,(H2,21,22,24,25)/t14-/m1/s1. The Hall–Kier alpha value is -2.43. The molecule has 156 valence electrons. The maximum Gasteiger partial charge on any atom is 0.325 e. The summed E-state index contributed by atoms with van der Waals surface area (Å²) in [6, 6.07) is 7.93. The SMILES string of the molecule is Cc1ccc(NC(=O)NC(=O)[C@@H](C)Sc2ccc(S(=O)(=O)N(C)C)cn2)c(C)c1. The summed E-state index contributed by atoms with van der Waals surface area (Å²) in [6.07, 6.45) is 1.25. The molecule has 0 saturated heterocycles. The highest BCUT2D eigenvalue weighted by atomic mass is 32.2. The predicted octanol–water partition coefficient (Wildman–Crippen LogP) is 2.78. The van der Waals surface area contributed by atoms with Gasteiger partial charge < -0.3 is 5.32 Å². The van der Waals surface area contributed by atoms with Crippen LogP contribution in [-0.4, -0.2) is 49.0 Å². The molecule has 0 radical (unpaired) electrons. The fourth-order valence-corrected chi connectivity index (χ4v) is 3.99. The highest BCUT2D eigenvalue weighted by Crippen LogP contribution is 2.23. The Bertz CT molecular complexity index is 1010. The fourth-order valence-electron chi connectivity index (χ4n) is 2.36. The molecule has 1 atom stereocenters. The molecule has 10 heteroatoms. The number of urea groups is 1. The summed E-state index contributed by atoms with van der Waals surface area (Å²) in [5.74, 6) is -0.482. The van der Waals surface area contributed by atoms with E-state index in [2.05, 4.69) is 15.6 Å². The third kappa shape index (κ3) is 6.02. The summed E-state index contributed by atoms with van der Waals surface area (Å²) >= 11 is 1.12. The smallest absolute Gasteiger partial charge is 0.307 e. The van der Waals surface area contributed by atoms with Gasteiger partial charge in [0.2, 0.25) is 15.9 Å². The van der Waals surface area contributed by atoms with Gasteiger partial charge in [0.15, 0.2) is 0 Å². The van der Waals surface area contributed by atoms with Crippen LogP contribution in [0, 0.1) is 13.8 Å². The average Bonchev–Trinajstić information content (AvgIpc) is 2.64. The van der Waals surface area contributed by atoms with Crippen LogP contribution in [0.15, 0.2) is 46.5 Å². The molecular formula is C19H24N4O4S2. The Morgan fingerprint density at radius 1 is 1.14 bits per heavy atom. The second-order valence-corrected chi connectivity index (χ2v) is 10.2. The van der Waals surface area contributed by atoms with Crippen molar-refractivity contribution < 1.29 is 18.0 Å². The molecule has 3 amide bonds. The van der Waals surface area contributed by atoms with Crippen molar-refractivity contribution in [3.05, 3.63) is 47.7 Å². The molecule has 2 aromatic rings. The lowest BCUT2D eigenvalue weighted by molar-refractivity contribution is -0.119. The number of aromatic nitrogens is 1. The van der Waals surface area contributed by atoms with Gasteiger partial charge in [-0.25, -0.2) is 22.5 Å². The van der Waals surface area contributed by atoms with Crippen molar-refractivity contribution >= 4 is 39.4 Å². The summed E-state index contributed by atoms with van der Waals surface area (Å²) < 4.78 is 25.2. The molecule has 2 rings (SSSR count). The zero-order valence-electron chi connectivity index (χ0n) is 16.9. The van der Waals surface area contributed by atoms with E-state index in [9.17, 15) is 18.0 Å². The summed E-state index contributed by atoms with van der Waals surface area (Å²) in [7, 11) is -0.685. The maximum absolute atomic E-state index is 12.3. The number of hydrogen-bond acceptors (Lipinski definition) is 6. The Morgan fingerprint density at radius 2 is 1.83 bits per heavy atom. The number of anilines is 1. The highest BCUT2D eigenvalue weighted by Gasteiger charge is 2.20. The van der Waals surface area contributed by atoms with E-state index in [-0.39, 0.29) is 4.90 Å². The van der Waals surface area contributed by atoms with E-state index in [0.29, 0.717) is 10.7 Å². The van der Waals surface area contributed by atoms with Gasteiger partial charge in [0, 0.05) is 26.0 Å². The van der Waals surface area contributed by atoms with Crippen molar-refractivity contribution in [1.82, 2.24) is 14.6 Å². The topological polar surface area (TPSA) is 108 Å². The van der Waals surface area contributed by atoms with Crippen LogP contribution < -0.4 is 10.6 Å².